The summed E-state index contributed by atoms with van der Waals surface area (Å²) in [4.78, 5) is 8.64. The highest BCUT2D eigenvalue weighted by molar-refractivity contribution is 14.0. The summed E-state index contributed by atoms with van der Waals surface area (Å²) in [6, 6.07) is 13.5. The zero-order valence-electron chi connectivity index (χ0n) is 14.8. The molecule has 0 spiro atoms. The molecule has 2 aromatic rings. The van der Waals surface area contributed by atoms with Gasteiger partial charge in [-0.05, 0) is 43.3 Å². The van der Waals surface area contributed by atoms with Crippen LogP contribution in [0.2, 0.25) is 0 Å². The number of nitrogens with one attached hydrogen (secondary N) is 2. The Morgan fingerprint density at radius 2 is 1.80 bits per heavy atom. The third kappa shape index (κ3) is 7.59. The van der Waals surface area contributed by atoms with Crippen molar-refractivity contribution in [3.05, 3.63) is 53.9 Å². The van der Waals surface area contributed by atoms with Crippen molar-refractivity contribution in [2.45, 2.75) is 13.5 Å². The van der Waals surface area contributed by atoms with E-state index < -0.39 is 0 Å². The fourth-order valence-corrected chi connectivity index (χ4v) is 2.10. The lowest BCUT2D eigenvalue weighted by Gasteiger charge is -2.12. The van der Waals surface area contributed by atoms with Gasteiger partial charge in [0.25, 0.3) is 0 Å². The summed E-state index contributed by atoms with van der Waals surface area (Å²) in [7, 11) is 3.38. The highest BCUT2D eigenvalue weighted by Gasteiger charge is 2.00. The fraction of sp³-hybridized carbons (Fsp3) is 0.333. The van der Waals surface area contributed by atoms with Gasteiger partial charge in [-0.25, -0.2) is 0 Å². The van der Waals surface area contributed by atoms with Crippen LogP contribution in [0.15, 0.2) is 47.5 Å². The lowest BCUT2D eigenvalue weighted by molar-refractivity contribution is 0.321. The lowest BCUT2D eigenvalue weighted by atomic mass is 10.3. The van der Waals surface area contributed by atoms with Gasteiger partial charge in [0.05, 0.1) is 25.9 Å². The Kier molecular flexibility index (Phi) is 9.68. The lowest BCUT2D eigenvalue weighted by Crippen LogP contribution is -2.39. The second-order valence-electron chi connectivity index (χ2n) is 5.15. The highest BCUT2D eigenvalue weighted by atomic mass is 127. The number of pyridine rings is 1. The van der Waals surface area contributed by atoms with Crippen LogP contribution in [0.1, 0.15) is 11.4 Å². The fourth-order valence-electron chi connectivity index (χ4n) is 2.10. The molecule has 2 rings (SSSR count). The molecule has 0 saturated heterocycles. The maximum absolute atomic E-state index is 5.67. The van der Waals surface area contributed by atoms with Crippen molar-refractivity contribution >= 4 is 29.9 Å². The minimum absolute atomic E-state index is 0. The van der Waals surface area contributed by atoms with Gasteiger partial charge in [0.2, 0.25) is 0 Å². The first-order chi connectivity index (χ1) is 11.7. The monoisotopic (exact) mass is 456 g/mol. The predicted molar refractivity (Wildman–Crippen MR) is 111 cm³/mol. The molecule has 0 fully saturated rings. The molecule has 0 aliphatic heterocycles. The van der Waals surface area contributed by atoms with Crippen LogP contribution in [0.4, 0.5) is 0 Å². The first kappa shape index (κ1) is 21.0. The second-order valence-corrected chi connectivity index (χ2v) is 5.15. The van der Waals surface area contributed by atoms with Crippen LogP contribution in [0, 0.1) is 6.92 Å². The van der Waals surface area contributed by atoms with Crippen LogP contribution in [0.5, 0.6) is 11.5 Å². The van der Waals surface area contributed by atoms with Crippen LogP contribution in [-0.2, 0) is 6.54 Å². The van der Waals surface area contributed by atoms with Gasteiger partial charge in [0.1, 0.15) is 18.1 Å². The van der Waals surface area contributed by atoms with Crippen molar-refractivity contribution in [3.63, 3.8) is 0 Å². The smallest absolute Gasteiger partial charge is 0.191 e. The summed E-state index contributed by atoms with van der Waals surface area (Å²) >= 11 is 0. The molecule has 0 aliphatic rings. The van der Waals surface area contributed by atoms with Crippen molar-refractivity contribution < 1.29 is 9.47 Å². The normalized spacial score (nSPS) is 10.6. The van der Waals surface area contributed by atoms with Crippen LogP contribution in [0.3, 0.4) is 0 Å². The third-order valence-corrected chi connectivity index (χ3v) is 3.33. The zero-order valence-corrected chi connectivity index (χ0v) is 17.1. The van der Waals surface area contributed by atoms with E-state index in [0.717, 1.165) is 28.8 Å². The Bertz CT molecular complexity index is 662. The van der Waals surface area contributed by atoms with Gasteiger partial charge in [-0.1, -0.05) is 6.07 Å². The molecule has 6 nitrogen and oxygen atoms in total. The summed E-state index contributed by atoms with van der Waals surface area (Å²) in [6.45, 7) is 3.79. The Labute approximate surface area is 166 Å². The number of hydrogen-bond acceptors (Lipinski definition) is 4. The minimum atomic E-state index is 0. The molecule has 7 heteroatoms. The number of aliphatic imine (C=N–C) groups is 1. The number of guanidine groups is 1. The van der Waals surface area contributed by atoms with E-state index in [1.807, 2.05) is 49.4 Å². The average molecular weight is 456 g/mol. The van der Waals surface area contributed by atoms with Crippen molar-refractivity contribution in [1.82, 2.24) is 15.6 Å². The third-order valence-electron chi connectivity index (χ3n) is 3.33. The molecule has 25 heavy (non-hydrogen) atoms. The summed E-state index contributed by atoms with van der Waals surface area (Å²) in [5, 5.41) is 6.44. The Morgan fingerprint density at radius 3 is 2.44 bits per heavy atom. The molecular weight excluding hydrogens is 431 g/mol. The molecule has 0 saturated carbocycles. The van der Waals surface area contributed by atoms with Crippen LogP contribution in [0.25, 0.3) is 0 Å². The van der Waals surface area contributed by atoms with E-state index in [0.29, 0.717) is 19.7 Å². The molecule has 1 aromatic carbocycles. The molecule has 0 amide bonds. The first-order valence-electron chi connectivity index (χ1n) is 7.85. The van der Waals surface area contributed by atoms with Crippen LogP contribution in [-0.4, -0.2) is 38.3 Å². The number of rotatable bonds is 7. The van der Waals surface area contributed by atoms with E-state index in [1.165, 1.54) is 0 Å². The van der Waals surface area contributed by atoms with Crippen molar-refractivity contribution in [2.24, 2.45) is 4.99 Å². The number of ether oxygens (including phenoxy) is 2. The molecule has 0 unspecified atom stereocenters. The molecular formula is C18H25IN4O2. The Hall–Kier alpha value is -2.03. The van der Waals surface area contributed by atoms with Gasteiger partial charge < -0.3 is 20.1 Å². The van der Waals surface area contributed by atoms with E-state index in [4.69, 9.17) is 9.47 Å². The molecule has 0 radical (unpaired) electrons. The van der Waals surface area contributed by atoms with Gasteiger partial charge in [-0.3, -0.25) is 9.98 Å². The summed E-state index contributed by atoms with van der Waals surface area (Å²) < 4.78 is 10.8. The first-order valence-corrected chi connectivity index (χ1v) is 7.85. The standard InChI is InChI=1S/C18H24N4O2.HI/c1-14-5-4-6-15(22-14)13-21-18(19-2)20-11-12-24-17-9-7-16(23-3)8-10-17;/h4-10H,11-13H2,1-3H3,(H2,19,20,21);1H. The van der Waals surface area contributed by atoms with Gasteiger partial charge in [-0.15, -0.1) is 24.0 Å². The van der Waals surface area contributed by atoms with E-state index in [1.54, 1.807) is 14.2 Å². The topological polar surface area (TPSA) is 67.8 Å². The molecule has 1 heterocycles. The average Bonchev–Trinajstić information content (AvgIpc) is 2.61. The second kappa shape index (κ2) is 11.5. The highest BCUT2D eigenvalue weighted by Crippen LogP contribution is 2.16. The van der Waals surface area contributed by atoms with E-state index in [9.17, 15) is 0 Å². The van der Waals surface area contributed by atoms with E-state index >= 15 is 0 Å². The van der Waals surface area contributed by atoms with Gasteiger partial charge in [0.15, 0.2) is 5.96 Å². The molecule has 0 aliphatic carbocycles. The van der Waals surface area contributed by atoms with Crippen LogP contribution < -0.4 is 20.1 Å². The SMILES string of the molecule is CN=C(NCCOc1ccc(OC)cc1)NCc1cccc(C)n1.I. The number of hydrogen-bond donors (Lipinski definition) is 2. The number of halogens is 1. The van der Waals surface area contributed by atoms with Gasteiger partial charge >= 0.3 is 0 Å². The summed E-state index contributed by atoms with van der Waals surface area (Å²) in [5.74, 6) is 2.34. The minimum Gasteiger partial charge on any atom is -0.497 e. The van der Waals surface area contributed by atoms with Crippen molar-refractivity contribution in [2.75, 3.05) is 27.3 Å². The largest absolute Gasteiger partial charge is 0.497 e. The molecule has 2 N–H and O–H groups in total. The Morgan fingerprint density at radius 1 is 1.08 bits per heavy atom. The zero-order chi connectivity index (χ0) is 17.2. The molecule has 1 aromatic heterocycles. The van der Waals surface area contributed by atoms with Crippen LogP contribution >= 0.6 is 24.0 Å². The number of methoxy groups -OCH3 is 1. The maximum atomic E-state index is 5.67. The molecule has 136 valence electrons. The number of aryl methyl sites for hydroxylation is 1. The van der Waals surface area contributed by atoms with Gasteiger partial charge in [-0.2, -0.15) is 0 Å². The molecule has 0 atom stereocenters. The quantitative estimate of drug-likeness (QED) is 0.290. The predicted octanol–water partition coefficient (Wildman–Crippen LogP) is 2.76. The summed E-state index contributed by atoms with van der Waals surface area (Å²) in [5.41, 5.74) is 1.98. The number of aromatic nitrogens is 1. The van der Waals surface area contributed by atoms with Crippen molar-refractivity contribution in [3.8, 4) is 11.5 Å². The number of nitrogens with zero attached hydrogens (tertiary/aromatic N) is 2. The van der Waals surface area contributed by atoms with E-state index in [-0.39, 0.29) is 24.0 Å². The number of benzene rings is 1. The van der Waals surface area contributed by atoms with Crippen molar-refractivity contribution in [1.29, 1.82) is 0 Å². The Balaban J connectivity index is 0.00000312. The maximum Gasteiger partial charge on any atom is 0.191 e. The summed E-state index contributed by atoms with van der Waals surface area (Å²) in [6.07, 6.45) is 0. The molecule has 0 bridgehead atoms. The van der Waals surface area contributed by atoms with Gasteiger partial charge in [0, 0.05) is 12.7 Å². The van der Waals surface area contributed by atoms with E-state index in [2.05, 4.69) is 20.6 Å².